The van der Waals surface area contributed by atoms with Crippen molar-refractivity contribution in [2.24, 2.45) is 5.92 Å². The van der Waals surface area contributed by atoms with Crippen LogP contribution in [0.4, 0.5) is 13.2 Å². The number of halogens is 3. The van der Waals surface area contributed by atoms with Crippen molar-refractivity contribution in [2.45, 2.75) is 37.8 Å². The maximum atomic E-state index is 12.8. The van der Waals surface area contributed by atoms with Gasteiger partial charge in [-0.2, -0.15) is 18.2 Å². The largest absolute Gasteiger partial charge is 0.471 e. The molecule has 2 aromatic rings. The number of hydrogen-bond acceptors (Lipinski definition) is 6. The van der Waals surface area contributed by atoms with Gasteiger partial charge in [0.25, 0.3) is 0 Å². The van der Waals surface area contributed by atoms with E-state index < -0.39 is 12.1 Å². The molecular weight excluding hydrogens is 389 g/mol. The Hall–Kier alpha value is -2.49. The van der Waals surface area contributed by atoms with Crippen LogP contribution in [0.2, 0.25) is 0 Å². The van der Waals surface area contributed by atoms with Crippen molar-refractivity contribution < 1.29 is 27.2 Å². The van der Waals surface area contributed by atoms with Gasteiger partial charge in [0.2, 0.25) is 11.7 Å². The number of amides is 1. The van der Waals surface area contributed by atoms with E-state index in [1.54, 1.807) is 12.1 Å². The van der Waals surface area contributed by atoms with Crippen LogP contribution in [0.1, 0.15) is 43.2 Å². The predicted octanol–water partition coefficient (Wildman–Crippen LogP) is 3.28. The van der Waals surface area contributed by atoms with Gasteiger partial charge in [-0.15, -0.1) is 0 Å². The maximum Gasteiger partial charge on any atom is 0.471 e. The molecule has 10 heteroatoms. The highest BCUT2D eigenvalue weighted by atomic mass is 19.4. The van der Waals surface area contributed by atoms with E-state index in [1.165, 1.54) is 0 Å². The summed E-state index contributed by atoms with van der Waals surface area (Å²) in [6.07, 6.45) is -1.50. The quantitative estimate of drug-likeness (QED) is 0.773. The van der Waals surface area contributed by atoms with Crippen LogP contribution in [0.3, 0.4) is 0 Å². The Morgan fingerprint density at radius 3 is 2.66 bits per heavy atom. The molecule has 0 spiro atoms. The van der Waals surface area contributed by atoms with E-state index in [9.17, 15) is 18.0 Å². The van der Waals surface area contributed by atoms with Crippen molar-refractivity contribution in [3.05, 3.63) is 29.8 Å². The molecule has 2 saturated heterocycles. The zero-order chi connectivity index (χ0) is 20.4. The summed E-state index contributed by atoms with van der Waals surface area (Å²) < 4.78 is 47.7. The minimum atomic E-state index is -4.70. The van der Waals surface area contributed by atoms with E-state index in [4.69, 9.17) is 4.74 Å². The summed E-state index contributed by atoms with van der Waals surface area (Å²) in [5.74, 6) is -1.43. The minimum Gasteiger partial charge on any atom is -0.381 e. The van der Waals surface area contributed by atoms with Gasteiger partial charge in [-0.1, -0.05) is 11.2 Å². The fourth-order valence-electron chi connectivity index (χ4n) is 3.87. The highest BCUT2D eigenvalue weighted by molar-refractivity contribution is 5.79. The molecule has 0 aromatic carbocycles. The van der Waals surface area contributed by atoms with Crippen LogP contribution in [0.15, 0.2) is 22.7 Å². The molecule has 2 fully saturated rings. The van der Waals surface area contributed by atoms with E-state index in [0.717, 1.165) is 25.7 Å². The fourth-order valence-corrected chi connectivity index (χ4v) is 3.87. The number of alkyl halides is 3. The monoisotopic (exact) mass is 410 g/mol. The average molecular weight is 410 g/mol. The molecule has 2 aliphatic rings. The molecule has 7 nitrogen and oxygen atoms in total. The molecule has 4 heterocycles. The van der Waals surface area contributed by atoms with E-state index in [-0.39, 0.29) is 29.3 Å². The summed E-state index contributed by atoms with van der Waals surface area (Å²) >= 11 is 0. The van der Waals surface area contributed by atoms with E-state index >= 15 is 0 Å². The van der Waals surface area contributed by atoms with Gasteiger partial charge in [0.05, 0.1) is 0 Å². The number of carbonyl (C=O) groups excluding carboxylic acids is 1. The Labute approximate surface area is 165 Å². The van der Waals surface area contributed by atoms with Crippen molar-refractivity contribution in [1.29, 1.82) is 0 Å². The second kappa shape index (κ2) is 8.10. The summed E-state index contributed by atoms with van der Waals surface area (Å²) in [6, 6.07) is 5.07. The van der Waals surface area contributed by atoms with Gasteiger partial charge in [-0.25, -0.2) is 4.98 Å². The lowest BCUT2D eigenvalue weighted by Gasteiger charge is -2.35. The number of aromatic nitrogens is 3. The standard InChI is InChI=1S/C19H21F3N4O3/c20-19(21,22)18-24-16(25-29-18)15-5-1-4-14(23-15)13-3-2-8-26(11-13)17(27)12-6-9-28-10-7-12/h1,4-5,12-13H,2-3,6-11H2/t13-/m1/s1. The molecular formula is C19H21F3N4O3. The highest BCUT2D eigenvalue weighted by Gasteiger charge is 2.38. The van der Waals surface area contributed by atoms with Crippen LogP contribution in [0.5, 0.6) is 0 Å². The zero-order valence-electron chi connectivity index (χ0n) is 15.7. The number of likely N-dealkylation sites (tertiary alicyclic amines) is 1. The molecule has 0 bridgehead atoms. The highest BCUT2D eigenvalue weighted by Crippen LogP contribution is 2.31. The van der Waals surface area contributed by atoms with Gasteiger partial charge < -0.3 is 14.2 Å². The summed E-state index contributed by atoms with van der Waals surface area (Å²) in [7, 11) is 0. The summed E-state index contributed by atoms with van der Waals surface area (Å²) in [4.78, 5) is 22.6. The van der Waals surface area contributed by atoms with Crippen LogP contribution < -0.4 is 0 Å². The summed E-state index contributed by atoms with van der Waals surface area (Å²) in [5, 5.41) is 3.40. The minimum absolute atomic E-state index is 0.00177. The summed E-state index contributed by atoms with van der Waals surface area (Å²) in [6.45, 7) is 2.49. The molecule has 1 atom stereocenters. The molecule has 2 aliphatic heterocycles. The number of rotatable bonds is 3. The molecule has 0 saturated carbocycles. The molecule has 4 rings (SSSR count). The van der Waals surface area contributed by atoms with E-state index in [2.05, 4.69) is 19.6 Å². The second-order valence-electron chi connectivity index (χ2n) is 7.38. The van der Waals surface area contributed by atoms with Crippen LogP contribution in [0.25, 0.3) is 11.5 Å². The molecule has 2 aromatic heterocycles. The lowest BCUT2D eigenvalue weighted by Crippen LogP contribution is -2.43. The van der Waals surface area contributed by atoms with Gasteiger partial charge in [0.1, 0.15) is 5.69 Å². The van der Waals surface area contributed by atoms with Gasteiger partial charge in [0, 0.05) is 43.8 Å². The Bertz CT molecular complexity index is 864. The van der Waals surface area contributed by atoms with Crippen molar-refractivity contribution in [2.75, 3.05) is 26.3 Å². The first-order valence-electron chi connectivity index (χ1n) is 9.66. The van der Waals surface area contributed by atoms with Crippen LogP contribution in [-0.2, 0) is 15.7 Å². The number of piperidine rings is 1. The lowest BCUT2D eigenvalue weighted by molar-refractivity contribution is -0.159. The van der Waals surface area contributed by atoms with Crippen molar-refractivity contribution >= 4 is 5.91 Å². The molecule has 1 amide bonds. The smallest absolute Gasteiger partial charge is 0.381 e. The van der Waals surface area contributed by atoms with Gasteiger partial charge in [-0.3, -0.25) is 4.79 Å². The van der Waals surface area contributed by atoms with Gasteiger partial charge in [0.15, 0.2) is 0 Å². The Morgan fingerprint density at radius 2 is 1.93 bits per heavy atom. The van der Waals surface area contributed by atoms with E-state index in [1.807, 2.05) is 11.0 Å². The number of ether oxygens (including phenoxy) is 1. The van der Waals surface area contributed by atoms with Gasteiger partial charge in [-0.05, 0) is 37.8 Å². The third-order valence-corrected chi connectivity index (χ3v) is 5.39. The van der Waals surface area contributed by atoms with E-state index in [0.29, 0.717) is 32.0 Å². The molecule has 0 radical (unpaired) electrons. The SMILES string of the molecule is O=C(C1CCOCC1)N1CCC[C@@H](c2cccc(-c3noc(C(F)(F)F)n3)n2)C1. The van der Waals surface area contributed by atoms with Crippen molar-refractivity contribution in [1.82, 2.24) is 20.0 Å². The Kier molecular flexibility index (Phi) is 5.53. The molecule has 0 N–H and O–H groups in total. The average Bonchev–Trinajstić information content (AvgIpc) is 3.25. The number of pyridine rings is 1. The summed E-state index contributed by atoms with van der Waals surface area (Å²) in [5.41, 5.74) is 0.931. The van der Waals surface area contributed by atoms with Crippen molar-refractivity contribution in [3.63, 3.8) is 0 Å². The normalized spacial score (nSPS) is 21.3. The molecule has 29 heavy (non-hydrogen) atoms. The number of hydrogen-bond donors (Lipinski definition) is 0. The predicted molar refractivity (Wildman–Crippen MR) is 94.6 cm³/mol. The first-order chi connectivity index (χ1) is 13.9. The third kappa shape index (κ3) is 4.42. The number of nitrogens with zero attached hydrogens (tertiary/aromatic N) is 4. The first kappa shape index (κ1) is 19.8. The van der Waals surface area contributed by atoms with Gasteiger partial charge >= 0.3 is 12.1 Å². The third-order valence-electron chi connectivity index (χ3n) is 5.39. The first-order valence-corrected chi connectivity index (χ1v) is 9.66. The molecule has 0 aliphatic carbocycles. The Balaban J connectivity index is 1.49. The maximum absolute atomic E-state index is 12.8. The van der Waals surface area contributed by atoms with Crippen LogP contribution in [-0.4, -0.2) is 52.2 Å². The van der Waals surface area contributed by atoms with Crippen LogP contribution in [0, 0.1) is 5.92 Å². The second-order valence-corrected chi connectivity index (χ2v) is 7.38. The molecule has 156 valence electrons. The lowest BCUT2D eigenvalue weighted by atomic mass is 9.91. The number of carbonyl (C=O) groups is 1. The topological polar surface area (TPSA) is 81.4 Å². The molecule has 0 unspecified atom stereocenters. The van der Waals surface area contributed by atoms with Crippen molar-refractivity contribution in [3.8, 4) is 11.5 Å². The fraction of sp³-hybridized carbons (Fsp3) is 0.579. The zero-order valence-corrected chi connectivity index (χ0v) is 15.7. The Morgan fingerprint density at radius 1 is 1.14 bits per heavy atom. The van der Waals surface area contributed by atoms with Crippen LogP contribution >= 0.6 is 0 Å².